The Morgan fingerprint density at radius 2 is 1.68 bits per heavy atom. The molecule has 4 nitrogen and oxygen atoms in total. The van der Waals surface area contributed by atoms with Crippen molar-refractivity contribution in [3.63, 3.8) is 0 Å². The first kappa shape index (κ1) is 23.9. The maximum absolute atomic E-state index is 10.9. The highest BCUT2D eigenvalue weighted by Crippen LogP contribution is 2.78. The highest BCUT2D eigenvalue weighted by atomic mass is 31.1. The van der Waals surface area contributed by atoms with Gasteiger partial charge >= 0.3 is 0 Å². The van der Waals surface area contributed by atoms with Gasteiger partial charge in [0.15, 0.2) is 0 Å². The molecule has 1 spiro atoms. The summed E-state index contributed by atoms with van der Waals surface area (Å²) in [5.74, 6) is 2.33. The molecule has 0 aliphatic heterocycles. The number of benzene rings is 3. The van der Waals surface area contributed by atoms with Crippen molar-refractivity contribution < 1.29 is 19.3 Å². The smallest absolute Gasteiger partial charge is 0.275 e. The number of aromatic hydroxyl groups is 2. The topological polar surface area (TPSA) is 58.9 Å². The predicted octanol–water partition coefficient (Wildman–Crippen LogP) is 8.18. The fourth-order valence-corrected chi connectivity index (χ4v) is 7.22. The lowest BCUT2D eigenvalue weighted by molar-refractivity contribution is 0.348. The van der Waals surface area contributed by atoms with Gasteiger partial charge in [0.25, 0.3) is 9.03 Å². The molecule has 4 unspecified atom stereocenters. The maximum Gasteiger partial charge on any atom is 0.275 e. The first-order valence-corrected chi connectivity index (χ1v) is 13.4. The average molecular weight is 511 g/mol. The quantitative estimate of drug-likeness (QED) is 0.340. The van der Waals surface area contributed by atoms with Crippen LogP contribution in [0.15, 0.2) is 78.6 Å². The lowest BCUT2D eigenvalue weighted by atomic mass is 9.81. The number of hydrogen-bond acceptors (Lipinski definition) is 4. The summed E-state index contributed by atoms with van der Waals surface area (Å²) in [7, 11) is -0.294. The fourth-order valence-electron chi connectivity index (χ4n) is 6.54. The van der Waals surface area contributed by atoms with Crippen molar-refractivity contribution in [1.82, 2.24) is 0 Å². The molecule has 1 saturated carbocycles. The Kier molecular flexibility index (Phi) is 5.51. The van der Waals surface area contributed by atoms with Gasteiger partial charge in [0.05, 0.1) is 5.92 Å². The van der Waals surface area contributed by atoms with Crippen LogP contribution in [0.5, 0.6) is 17.2 Å². The molecule has 0 aromatic heterocycles. The van der Waals surface area contributed by atoms with Crippen molar-refractivity contribution in [3.8, 4) is 28.4 Å². The minimum Gasteiger partial charge on any atom is -0.508 e. The van der Waals surface area contributed by atoms with E-state index >= 15 is 0 Å². The third kappa shape index (κ3) is 3.61. The highest BCUT2D eigenvalue weighted by Gasteiger charge is 2.68. The molecule has 0 saturated heterocycles. The second kappa shape index (κ2) is 8.53. The first-order chi connectivity index (χ1) is 17.7. The lowest BCUT2D eigenvalue weighted by Gasteiger charge is -2.27. The Morgan fingerprint density at radius 3 is 2.46 bits per heavy atom. The molecule has 3 aromatic rings. The van der Waals surface area contributed by atoms with Gasteiger partial charge in [0.1, 0.15) is 23.0 Å². The van der Waals surface area contributed by atoms with E-state index in [9.17, 15) is 10.2 Å². The van der Waals surface area contributed by atoms with Crippen molar-refractivity contribution in [2.45, 2.75) is 46.0 Å². The summed E-state index contributed by atoms with van der Waals surface area (Å²) in [5.41, 5.74) is 8.68. The Balaban J connectivity index is 1.32. The molecular weight excluding hydrogens is 479 g/mol. The normalized spacial score (nSPS) is 23.4. The predicted molar refractivity (Wildman–Crippen MR) is 150 cm³/mol. The number of hydrogen-bond donors (Lipinski definition) is 2. The van der Waals surface area contributed by atoms with Crippen LogP contribution in [-0.2, 0) is 4.52 Å². The van der Waals surface area contributed by atoms with Gasteiger partial charge in [-0.05, 0) is 97.7 Å². The molecule has 5 heteroatoms. The molecule has 0 radical (unpaired) electrons. The third-order valence-electron chi connectivity index (χ3n) is 8.20. The second-order valence-electron chi connectivity index (χ2n) is 10.7. The van der Waals surface area contributed by atoms with Crippen LogP contribution in [0.25, 0.3) is 11.1 Å². The van der Waals surface area contributed by atoms with E-state index in [1.54, 1.807) is 6.07 Å². The van der Waals surface area contributed by atoms with Crippen LogP contribution in [0, 0.1) is 33.1 Å². The van der Waals surface area contributed by atoms with E-state index in [1.165, 1.54) is 5.56 Å². The van der Waals surface area contributed by atoms with Crippen LogP contribution in [0.3, 0.4) is 0 Å². The number of aryl methyl sites for hydroxylation is 4. The molecule has 3 aromatic carbocycles. The van der Waals surface area contributed by atoms with Crippen LogP contribution in [0.4, 0.5) is 0 Å². The molecule has 4 atom stereocenters. The maximum atomic E-state index is 10.9. The van der Waals surface area contributed by atoms with E-state index in [0.717, 1.165) is 56.7 Å². The molecule has 0 amide bonds. The van der Waals surface area contributed by atoms with Crippen LogP contribution in [-0.4, -0.2) is 10.2 Å². The minimum absolute atomic E-state index is 0.0886. The summed E-state index contributed by atoms with van der Waals surface area (Å²) < 4.78 is 12.7. The number of phenolic OH excluding ortho intramolecular Hbond substituents is 2. The van der Waals surface area contributed by atoms with E-state index in [4.69, 9.17) is 9.05 Å². The zero-order valence-corrected chi connectivity index (χ0v) is 22.6. The molecular formula is C32H31O4P. The van der Waals surface area contributed by atoms with Crippen LogP contribution >= 0.6 is 9.03 Å². The summed E-state index contributed by atoms with van der Waals surface area (Å²) in [6.45, 7) is 12.4. The van der Waals surface area contributed by atoms with Gasteiger partial charge in [-0.1, -0.05) is 43.0 Å². The van der Waals surface area contributed by atoms with E-state index < -0.39 is 0 Å². The minimum atomic E-state index is -0.294. The lowest BCUT2D eigenvalue weighted by Crippen LogP contribution is -2.15. The summed E-state index contributed by atoms with van der Waals surface area (Å²) >= 11 is 0. The molecule has 1 fully saturated rings. The SMILES string of the molecule is C=C1C=CC=C(OPOc2c(C)cc(C)cc2-c2cc(C)cc(C)c2O)C2c3c(O)cccc3C3CC132. The molecule has 0 heterocycles. The van der Waals surface area contributed by atoms with Crippen molar-refractivity contribution in [1.29, 1.82) is 0 Å². The Labute approximate surface area is 219 Å². The second-order valence-corrected chi connectivity index (χ2v) is 11.3. The van der Waals surface area contributed by atoms with Gasteiger partial charge in [0.2, 0.25) is 0 Å². The molecule has 37 heavy (non-hydrogen) atoms. The van der Waals surface area contributed by atoms with Crippen LogP contribution in [0.1, 0.15) is 51.6 Å². The van der Waals surface area contributed by atoms with Crippen molar-refractivity contribution in [2.75, 3.05) is 0 Å². The number of phenols is 2. The third-order valence-corrected chi connectivity index (χ3v) is 8.80. The Morgan fingerprint density at radius 1 is 0.946 bits per heavy atom. The number of rotatable bonds is 5. The number of fused-ring (bicyclic) bond motifs is 3. The van der Waals surface area contributed by atoms with E-state index in [1.807, 2.05) is 64.1 Å². The molecule has 3 aliphatic carbocycles. The molecule has 6 rings (SSSR count). The standard InChI is InChI=1S/C32H31O4P/c1-17-12-19(3)30(34)23(14-17)24-15-18(2)13-20(4)31(24)36-37-35-27-11-6-8-21(5)32-16-25(32)22-9-7-10-26(33)28(22)29(27)32/h6-15,25,29,33-34,37H,5,16H2,1-4H3. The van der Waals surface area contributed by atoms with E-state index in [2.05, 4.69) is 24.8 Å². The van der Waals surface area contributed by atoms with Gasteiger partial charge in [-0.3, -0.25) is 0 Å². The van der Waals surface area contributed by atoms with Crippen molar-refractivity contribution in [3.05, 3.63) is 112 Å². The first-order valence-electron chi connectivity index (χ1n) is 12.6. The van der Waals surface area contributed by atoms with Gasteiger partial charge < -0.3 is 19.3 Å². The van der Waals surface area contributed by atoms with Crippen molar-refractivity contribution in [2.24, 2.45) is 5.41 Å². The van der Waals surface area contributed by atoms with Gasteiger partial charge in [0, 0.05) is 22.1 Å². The summed E-state index contributed by atoms with van der Waals surface area (Å²) in [6, 6.07) is 13.9. The van der Waals surface area contributed by atoms with Gasteiger partial charge in [-0.25, -0.2) is 0 Å². The molecule has 0 bridgehead atoms. The Hall–Kier alpha value is -3.49. The van der Waals surface area contributed by atoms with E-state index in [0.29, 0.717) is 17.4 Å². The largest absolute Gasteiger partial charge is 0.508 e. The highest BCUT2D eigenvalue weighted by molar-refractivity contribution is 7.26. The van der Waals surface area contributed by atoms with Crippen LogP contribution < -0.4 is 4.52 Å². The van der Waals surface area contributed by atoms with Crippen LogP contribution in [0.2, 0.25) is 0 Å². The fraction of sp³-hybridized carbons (Fsp3) is 0.250. The average Bonchev–Trinajstić information content (AvgIpc) is 3.55. The number of allylic oxidation sites excluding steroid dienone is 5. The van der Waals surface area contributed by atoms with Crippen molar-refractivity contribution >= 4 is 9.03 Å². The molecule has 188 valence electrons. The molecule has 3 aliphatic rings. The molecule has 2 N–H and O–H groups in total. The summed E-state index contributed by atoms with van der Waals surface area (Å²) in [4.78, 5) is 0. The summed E-state index contributed by atoms with van der Waals surface area (Å²) in [6.07, 6.45) is 7.05. The zero-order chi connectivity index (χ0) is 26.1. The van der Waals surface area contributed by atoms with Gasteiger partial charge in [-0.15, -0.1) is 0 Å². The monoisotopic (exact) mass is 510 g/mol. The zero-order valence-electron chi connectivity index (χ0n) is 21.6. The van der Waals surface area contributed by atoms with Gasteiger partial charge in [-0.2, -0.15) is 0 Å². The van der Waals surface area contributed by atoms with E-state index in [-0.39, 0.29) is 26.1 Å². The summed E-state index contributed by atoms with van der Waals surface area (Å²) in [5, 5.41) is 21.7. The Bertz CT molecular complexity index is 1530.